The molecule has 0 aliphatic carbocycles. The van der Waals surface area contributed by atoms with Crippen LogP contribution in [0.4, 0.5) is 0 Å². The molecule has 2 heteroatoms. The van der Waals surface area contributed by atoms with Crippen molar-refractivity contribution < 1.29 is 4.74 Å². The lowest BCUT2D eigenvalue weighted by Crippen LogP contribution is -2.28. The molecule has 0 radical (unpaired) electrons. The topological polar surface area (TPSA) is 12.5 Å². The smallest absolute Gasteiger partial charge is 0.0919 e. The van der Waals surface area contributed by atoms with Crippen LogP contribution in [-0.2, 0) is 4.74 Å². The first-order chi connectivity index (χ1) is 29.9. The Kier molecular flexibility index (Phi) is 41.1. The molecule has 0 amide bonds. The molecular weight excluding hydrogens is 751 g/mol. The summed E-state index contributed by atoms with van der Waals surface area (Å²) in [6.45, 7) is 33.8. The molecule has 0 aliphatic rings. The van der Waals surface area contributed by atoms with Crippen molar-refractivity contribution in [3.8, 4) is 0 Å². The normalized spacial score (nSPS) is 13.2. The van der Waals surface area contributed by atoms with Crippen LogP contribution in [0.5, 0.6) is 0 Å². The van der Waals surface area contributed by atoms with E-state index in [1.54, 1.807) is 0 Å². The quantitative estimate of drug-likeness (QED) is 0.0262. The fourth-order valence-electron chi connectivity index (χ4n) is 9.38. The predicted octanol–water partition coefficient (Wildman–Crippen LogP) is 20.3. The molecular formula is C60H113NO. The minimum absolute atomic E-state index is 0.0320. The number of hydrogen-bond acceptors (Lipinski definition) is 2. The Morgan fingerprint density at radius 3 is 1.55 bits per heavy atom. The molecule has 0 fully saturated rings. The predicted molar refractivity (Wildman–Crippen MR) is 282 cm³/mol. The van der Waals surface area contributed by atoms with Crippen LogP contribution in [0.2, 0.25) is 0 Å². The van der Waals surface area contributed by atoms with Gasteiger partial charge in [0.25, 0.3) is 0 Å². The Bertz CT molecular complexity index is 1090. The second-order valence-electron chi connectivity index (χ2n) is 20.9. The highest BCUT2D eigenvalue weighted by Crippen LogP contribution is 2.38. The van der Waals surface area contributed by atoms with Gasteiger partial charge >= 0.3 is 0 Å². The fraction of sp³-hybridized carbons (Fsp3) is 0.850. The monoisotopic (exact) mass is 864 g/mol. The lowest BCUT2D eigenvalue weighted by Gasteiger charge is -2.29. The summed E-state index contributed by atoms with van der Waals surface area (Å²) in [4.78, 5) is 2.41. The van der Waals surface area contributed by atoms with Crippen molar-refractivity contribution in [2.45, 2.75) is 286 Å². The maximum absolute atomic E-state index is 6.34. The van der Waals surface area contributed by atoms with Crippen LogP contribution in [0.15, 0.2) is 54.5 Å². The molecule has 0 saturated heterocycles. The van der Waals surface area contributed by atoms with E-state index in [1.165, 1.54) is 229 Å². The lowest BCUT2D eigenvalue weighted by molar-refractivity contribution is 0.150. The van der Waals surface area contributed by atoms with Gasteiger partial charge in [-0.2, -0.15) is 0 Å². The Hall–Kier alpha value is -1.50. The summed E-state index contributed by atoms with van der Waals surface area (Å²) in [5.41, 5.74) is 6.59. The summed E-state index contributed by atoms with van der Waals surface area (Å²) in [7, 11) is 2.21. The molecule has 2 nitrogen and oxygen atoms in total. The van der Waals surface area contributed by atoms with E-state index in [0.717, 1.165) is 37.2 Å². The number of hydrogen-bond donors (Lipinski definition) is 0. The summed E-state index contributed by atoms with van der Waals surface area (Å²) in [5.74, 6) is 3.28. The second kappa shape index (κ2) is 42.2. The van der Waals surface area contributed by atoms with Crippen molar-refractivity contribution in [1.29, 1.82) is 0 Å². The van der Waals surface area contributed by atoms with E-state index in [4.69, 9.17) is 11.3 Å². The Morgan fingerprint density at radius 1 is 0.581 bits per heavy atom. The number of rotatable bonds is 47. The zero-order valence-corrected chi connectivity index (χ0v) is 44.1. The van der Waals surface area contributed by atoms with E-state index in [0.29, 0.717) is 12.0 Å². The number of nitrogens with zero attached hydrogens (tertiary/aromatic N) is 1. The second-order valence-corrected chi connectivity index (χ2v) is 20.9. The van der Waals surface area contributed by atoms with Gasteiger partial charge in [0.15, 0.2) is 0 Å². The van der Waals surface area contributed by atoms with E-state index < -0.39 is 0 Å². The van der Waals surface area contributed by atoms with Crippen LogP contribution in [0.3, 0.4) is 0 Å². The molecule has 0 aromatic carbocycles. The van der Waals surface area contributed by atoms with Crippen LogP contribution in [0.1, 0.15) is 280 Å². The van der Waals surface area contributed by atoms with Crippen LogP contribution in [-0.4, -0.2) is 31.1 Å². The van der Waals surface area contributed by atoms with E-state index in [2.05, 4.69) is 98.4 Å². The Morgan fingerprint density at radius 2 is 1.05 bits per heavy atom. The first-order valence-corrected chi connectivity index (χ1v) is 27.7. The Balaban J connectivity index is 5.49. The molecule has 0 spiro atoms. The summed E-state index contributed by atoms with van der Waals surface area (Å²) in [6, 6.07) is 0.577. The van der Waals surface area contributed by atoms with Crippen molar-refractivity contribution in [2.24, 2.45) is 23.2 Å². The van der Waals surface area contributed by atoms with E-state index in [9.17, 15) is 0 Å². The van der Waals surface area contributed by atoms with E-state index >= 15 is 0 Å². The standard InChI is InChI=1S/C60H113NO/c1-13-17-28-40-57(41-29-18-14-2)44-33-27-37-50-60(11,55(9)47-48-58(42-30-19-15-3)43-31-20-16-4)49-36-26-22-25-35-46-59(45-34-24-21-23-32-39-53(5)6)56(10)62-52-38-51-61(12)54(7)8/h27,50,54,57-59H,5,9-10,13-26,28-36,38-49,51-52H2,1-4,6-8,11-12H3. The van der Waals surface area contributed by atoms with Crippen LogP contribution in [0, 0.1) is 23.2 Å². The minimum Gasteiger partial charge on any atom is -0.498 e. The zero-order valence-electron chi connectivity index (χ0n) is 44.1. The molecule has 0 aromatic rings. The maximum Gasteiger partial charge on any atom is 0.0919 e. The van der Waals surface area contributed by atoms with E-state index in [-0.39, 0.29) is 5.41 Å². The van der Waals surface area contributed by atoms with E-state index in [1.807, 2.05) is 0 Å². The molecule has 2 unspecified atom stereocenters. The molecule has 0 aromatic heterocycles. The third-order valence-electron chi connectivity index (χ3n) is 14.4. The lowest BCUT2D eigenvalue weighted by atomic mass is 9.75. The number of unbranched alkanes of at least 4 members (excludes halogenated alkanes) is 16. The third kappa shape index (κ3) is 34.8. The first kappa shape index (κ1) is 60.5. The van der Waals surface area contributed by atoms with Gasteiger partial charge in [-0.05, 0) is 116 Å². The molecule has 364 valence electrons. The summed E-state index contributed by atoms with van der Waals surface area (Å²) in [5, 5.41) is 0. The first-order valence-electron chi connectivity index (χ1n) is 27.7. The van der Waals surface area contributed by atoms with Crippen LogP contribution in [0.25, 0.3) is 0 Å². The molecule has 0 N–H and O–H groups in total. The van der Waals surface area contributed by atoms with Crippen LogP contribution >= 0.6 is 0 Å². The fourth-order valence-corrected chi connectivity index (χ4v) is 9.38. The average Bonchev–Trinajstić information content (AvgIpc) is 3.24. The summed E-state index contributed by atoms with van der Waals surface area (Å²) < 4.78 is 6.34. The van der Waals surface area contributed by atoms with Gasteiger partial charge in [0.05, 0.1) is 12.4 Å². The molecule has 62 heavy (non-hydrogen) atoms. The maximum atomic E-state index is 6.34. The number of allylic oxidation sites excluding steroid dienone is 4. The van der Waals surface area contributed by atoms with Crippen molar-refractivity contribution in [2.75, 3.05) is 20.2 Å². The summed E-state index contributed by atoms with van der Waals surface area (Å²) >= 11 is 0. The van der Waals surface area contributed by atoms with Gasteiger partial charge in [0.1, 0.15) is 0 Å². The zero-order chi connectivity index (χ0) is 46.1. The van der Waals surface area contributed by atoms with Gasteiger partial charge in [0.2, 0.25) is 0 Å². The minimum atomic E-state index is 0.0320. The molecule has 0 rings (SSSR count). The van der Waals surface area contributed by atoms with Crippen molar-refractivity contribution in [1.82, 2.24) is 4.90 Å². The molecule has 0 aliphatic heterocycles. The molecule has 2 atom stereocenters. The van der Waals surface area contributed by atoms with Gasteiger partial charge in [-0.15, -0.1) is 12.3 Å². The highest BCUT2D eigenvalue weighted by molar-refractivity contribution is 5.18. The summed E-state index contributed by atoms with van der Waals surface area (Å²) in [6.07, 6.45) is 50.8. The van der Waals surface area contributed by atoms with Gasteiger partial charge in [0, 0.05) is 23.9 Å². The average molecular weight is 865 g/mol. The Labute approximate surface area is 392 Å². The highest BCUT2D eigenvalue weighted by Gasteiger charge is 2.25. The molecule has 0 heterocycles. The number of ether oxygens (including phenoxy) is 1. The SMILES string of the molecule is C=C(C)CCCCCCCC(CCCCCCCC(C)(C=C=CCCC(CCCCC)CCCCC)C(=C)CCC(CCCCC)CCCCC)C(=C)OCCCN(C)C(C)C. The molecule has 0 saturated carbocycles. The van der Waals surface area contributed by atoms with Gasteiger partial charge in [-0.25, -0.2) is 0 Å². The van der Waals surface area contributed by atoms with Crippen molar-refractivity contribution >= 4 is 0 Å². The van der Waals surface area contributed by atoms with Gasteiger partial charge in [-0.1, -0.05) is 219 Å². The molecule has 0 bridgehead atoms. The van der Waals surface area contributed by atoms with Crippen molar-refractivity contribution in [3.63, 3.8) is 0 Å². The van der Waals surface area contributed by atoms with Crippen molar-refractivity contribution in [3.05, 3.63) is 54.5 Å². The van der Waals surface area contributed by atoms with Gasteiger partial charge < -0.3 is 9.64 Å². The van der Waals surface area contributed by atoms with Gasteiger partial charge in [-0.3, -0.25) is 0 Å². The third-order valence-corrected chi connectivity index (χ3v) is 14.4. The largest absolute Gasteiger partial charge is 0.498 e. The van der Waals surface area contributed by atoms with Crippen LogP contribution < -0.4 is 0 Å². The highest BCUT2D eigenvalue weighted by atomic mass is 16.5.